The molecular formula is C10H13N3S. The Kier molecular flexibility index (Phi) is 1.56. The van der Waals surface area contributed by atoms with E-state index in [0.717, 1.165) is 17.2 Å². The minimum atomic E-state index is 0.241. The highest BCUT2D eigenvalue weighted by molar-refractivity contribution is 7.15. The standard InChI is InChI=1S/C10H13N3S/c1-7-8(10(6-11)2-3-10)13-4-5-14-9(13)12-7/h4-5H,2-3,6,11H2,1H3. The van der Waals surface area contributed by atoms with Gasteiger partial charge < -0.3 is 5.73 Å². The molecule has 0 bridgehead atoms. The number of rotatable bonds is 2. The van der Waals surface area contributed by atoms with Crippen LogP contribution in [0.4, 0.5) is 0 Å². The van der Waals surface area contributed by atoms with E-state index in [4.69, 9.17) is 5.73 Å². The normalized spacial score (nSPS) is 19.0. The molecule has 74 valence electrons. The van der Waals surface area contributed by atoms with E-state index in [1.54, 1.807) is 11.3 Å². The van der Waals surface area contributed by atoms with Crippen molar-refractivity contribution in [3.63, 3.8) is 0 Å². The number of aromatic nitrogens is 2. The number of imidazole rings is 1. The molecule has 0 amide bonds. The summed E-state index contributed by atoms with van der Waals surface area (Å²) in [6.45, 7) is 2.84. The van der Waals surface area contributed by atoms with Gasteiger partial charge in [0.1, 0.15) is 0 Å². The van der Waals surface area contributed by atoms with E-state index in [0.29, 0.717) is 0 Å². The van der Waals surface area contributed by atoms with Crippen molar-refractivity contribution < 1.29 is 0 Å². The minimum Gasteiger partial charge on any atom is -0.330 e. The lowest BCUT2D eigenvalue weighted by Gasteiger charge is -2.12. The minimum absolute atomic E-state index is 0.241. The number of fused-ring (bicyclic) bond motifs is 1. The number of nitrogens with zero attached hydrogens (tertiary/aromatic N) is 2. The Morgan fingerprint density at radius 1 is 1.64 bits per heavy atom. The summed E-state index contributed by atoms with van der Waals surface area (Å²) in [6, 6.07) is 0. The smallest absolute Gasteiger partial charge is 0.194 e. The lowest BCUT2D eigenvalue weighted by molar-refractivity contribution is 0.666. The van der Waals surface area contributed by atoms with Gasteiger partial charge in [0.2, 0.25) is 0 Å². The molecule has 2 aromatic rings. The third-order valence-electron chi connectivity index (χ3n) is 3.18. The SMILES string of the molecule is Cc1nc2sccn2c1C1(CN)CC1. The molecule has 1 aliphatic rings. The molecule has 1 aliphatic carbocycles. The van der Waals surface area contributed by atoms with Crippen molar-refractivity contribution in [3.8, 4) is 0 Å². The molecule has 0 saturated heterocycles. The molecule has 0 aromatic carbocycles. The summed E-state index contributed by atoms with van der Waals surface area (Å²) in [4.78, 5) is 5.65. The fourth-order valence-electron chi connectivity index (χ4n) is 2.22. The van der Waals surface area contributed by atoms with Crippen LogP contribution < -0.4 is 5.73 Å². The first-order valence-corrected chi connectivity index (χ1v) is 5.77. The molecule has 14 heavy (non-hydrogen) atoms. The maximum atomic E-state index is 5.85. The van der Waals surface area contributed by atoms with Gasteiger partial charge in [0, 0.05) is 23.5 Å². The summed E-state index contributed by atoms with van der Waals surface area (Å²) in [7, 11) is 0. The lowest BCUT2D eigenvalue weighted by Crippen LogP contribution is -2.22. The molecule has 4 heteroatoms. The summed E-state index contributed by atoms with van der Waals surface area (Å²) in [6.07, 6.45) is 4.53. The molecule has 0 radical (unpaired) electrons. The second-order valence-electron chi connectivity index (χ2n) is 4.09. The molecule has 0 aliphatic heterocycles. The molecule has 0 spiro atoms. The molecule has 1 saturated carbocycles. The van der Waals surface area contributed by atoms with Crippen molar-refractivity contribution in [2.75, 3.05) is 6.54 Å². The van der Waals surface area contributed by atoms with E-state index in [9.17, 15) is 0 Å². The van der Waals surface area contributed by atoms with E-state index < -0.39 is 0 Å². The van der Waals surface area contributed by atoms with Gasteiger partial charge in [0.05, 0.1) is 11.4 Å². The van der Waals surface area contributed by atoms with Crippen LogP contribution in [-0.4, -0.2) is 15.9 Å². The number of aryl methyl sites for hydroxylation is 1. The van der Waals surface area contributed by atoms with Crippen LogP contribution in [-0.2, 0) is 5.41 Å². The van der Waals surface area contributed by atoms with Crippen molar-refractivity contribution >= 4 is 16.3 Å². The summed E-state index contributed by atoms with van der Waals surface area (Å²) >= 11 is 1.69. The first kappa shape index (κ1) is 8.44. The van der Waals surface area contributed by atoms with Gasteiger partial charge in [-0.2, -0.15) is 0 Å². The zero-order valence-electron chi connectivity index (χ0n) is 8.16. The van der Waals surface area contributed by atoms with Gasteiger partial charge in [-0.1, -0.05) is 0 Å². The van der Waals surface area contributed by atoms with Crippen LogP contribution in [0.5, 0.6) is 0 Å². The van der Waals surface area contributed by atoms with E-state index in [1.165, 1.54) is 18.5 Å². The highest BCUT2D eigenvalue weighted by atomic mass is 32.1. The van der Waals surface area contributed by atoms with Gasteiger partial charge in [0.15, 0.2) is 4.96 Å². The van der Waals surface area contributed by atoms with Crippen molar-refractivity contribution in [2.24, 2.45) is 5.73 Å². The van der Waals surface area contributed by atoms with Gasteiger partial charge in [0.25, 0.3) is 0 Å². The Hall–Kier alpha value is -0.870. The summed E-state index contributed by atoms with van der Waals surface area (Å²) < 4.78 is 2.21. The van der Waals surface area contributed by atoms with E-state index in [2.05, 4.69) is 27.9 Å². The molecule has 0 atom stereocenters. The van der Waals surface area contributed by atoms with Gasteiger partial charge in [-0.3, -0.25) is 4.40 Å². The average molecular weight is 207 g/mol. The highest BCUT2D eigenvalue weighted by Crippen LogP contribution is 2.48. The average Bonchev–Trinajstić information content (AvgIpc) is 2.71. The molecule has 2 aromatic heterocycles. The van der Waals surface area contributed by atoms with Crippen LogP contribution in [0.15, 0.2) is 11.6 Å². The number of hydrogen-bond donors (Lipinski definition) is 1. The van der Waals surface area contributed by atoms with Gasteiger partial charge in [-0.05, 0) is 19.8 Å². The number of thiazole rings is 1. The van der Waals surface area contributed by atoms with Crippen LogP contribution in [0.25, 0.3) is 4.96 Å². The number of hydrogen-bond acceptors (Lipinski definition) is 3. The predicted octanol–water partition coefficient (Wildman–Crippen LogP) is 1.69. The van der Waals surface area contributed by atoms with Crippen LogP contribution in [0.1, 0.15) is 24.2 Å². The van der Waals surface area contributed by atoms with E-state index in [1.807, 2.05) is 0 Å². The molecule has 2 N–H and O–H groups in total. The molecule has 2 heterocycles. The fraction of sp³-hybridized carbons (Fsp3) is 0.500. The Morgan fingerprint density at radius 2 is 2.43 bits per heavy atom. The Balaban J connectivity index is 2.28. The van der Waals surface area contributed by atoms with Crippen molar-refractivity contribution in [3.05, 3.63) is 23.0 Å². The molecule has 1 fully saturated rings. The zero-order valence-corrected chi connectivity index (χ0v) is 8.97. The number of nitrogens with two attached hydrogens (primary N) is 1. The Labute approximate surface area is 86.6 Å². The maximum absolute atomic E-state index is 5.85. The second-order valence-corrected chi connectivity index (χ2v) is 4.96. The second kappa shape index (κ2) is 2.58. The van der Waals surface area contributed by atoms with Gasteiger partial charge in [-0.15, -0.1) is 11.3 Å². The summed E-state index contributed by atoms with van der Waals surface area (Å²) in [5.74, 6) is 0. The summed E-state index contributed by atoms with van der Waals surface area (Å²) in [5, 5.41) is 2.08. The first-order valence-electron chi connectivity index (χ1n) is 4.89. The fourth-order valence-corrected chi connectivity index (χ4v) is 2.98. The van der Waals surface area contributed by atoms with Crippen LogP contribution in [0.2, 0.25) is 0 Å². The quantitative estimate of drug-likeness (QED) is 0.814. The van der Waals surface area contributed by atoms with Crippen LogP contribution in [0, 0.1) is 6.92 Å². The third kappa shape index (κ3) is 0.925. The van der Waals surface area contributed by atoms with Crippen LogP contribution in [0.3, 0.4) is 0 Å². The van der Waals surface area contributed by atoms with E-state index in [-0.39, 0.29) is 5.41 Å². The monoisotopic (exact) mass is 207 g/mol. The molecule has 0 unspecified atom stereocenters. The Bertz CT molecular complexity index is 478. The topological polar surface area (TPSA) is 43.3 Å². The zero-order chi connectivity index (χ0) is 9.76. The first-order chi connectivity index (χ1) is 6.77. The lowest BCUT2D eigenvalue weighted by atomic mass is 10.0. The predicted molar refractivity (Wildman–Crippen MR) is 57.8 cm³/mol. The molecule has 3 nitrogen and oxygen atoms in total. The van der Waals surface area contributed by atoms with Gasteiger partial charge in [-0.25, -0.2) is 4.98 Å². The molecule has 3 rings (SSSR count). The van der Waals surface area contributed by atoms with E-state index >= 15 is 0 Å². The summed E-state index contributed by atoms with van der Waals surface area (Å²) in [5.41, 5.74) is 8.59. The third-order valence-corrected chi connectivity index (χ3v) is 3.94. The van der Waals surface area contributed by atoms with Crippen molar-refractivity contribution in [2.45, 2.75) is 25.2 Å². The van der Waals surface area contributed by atoms with Crippen molar-refractivity contribution in [1.29, 1.82) is 0 Å². The maximum Gasteiger partial charge on any atom is 0.194 e. The Morgan fingerprint density at radius 3 is 3.07 bits per heavy atom. The highest BCUT2D eigenvalue weighted by Gasteiger charge is 2.46. The van der Waals surface area contributed by atoms with Gasteiger partial charge >= 0.3 is 0 Å². The van der Waals surface area contributed by atoms with Crippen LogP contribution >= 0.6 is 11.3 Å². The van der Waals surface area contributed by atoms with Crippen molar-refractivity contribution in [1.82, 2.24) is 9.38 Å². The molecular weight excluding hydrogens is 194 g/mol. The largest absolute Gasteiger partial charge is 0.330 e.